The molecule has 0 radical (unpaired) electrons. The van der Waals surface area contributed by atoms with Crippen LogP contribution >= 0.6 is 11.6 Å². The van der Waals surface area contributed by atoms with Gasteiger partial charge in [-0.25, -0.2) is 0 Å². The molecule has 0 heterocycles. The van der Waals surface area contributed by atoms with Gasteiger partial charge in [-0.1, -0.05) is 25.1 Å². The highest BCUT2D eigenvalue weighted by molar-refractivity contribution is 6.21. The summed E-state index contributed by atoms with van der Waals surface area (Å²) in [4.78, 5) is 15.1. The molecule has 0 aliphatic heterocycles. The van der Waals surface area contributed by atoms with Gasteiger partial charge >= 0.3 is 0 Å². The van der Waals surface area contributed by atoms with Crippen LogP contribution in [0.3, 0.4) is 0 Å². The monoisotopic (exact) mass is 218 g/mol. The molecular weight excluding hydrogens is 200 g/mol. The van der Waals surface area contributed by atoms with Gasteiger partial charge in [0.2, 0.25) is 0 Å². The Bertz CT molecular complexity index is 216. The van der Waals surface area contributed by atoms with Crippen LogP contribution in [0.25, 0.3) is 0 Å². The predicted molar refractivity (Wildman–Crippen MR) is 60.1 cm³/mol. The van der Waals surface area contributed by atoms with E-state index >= 15 is 0 Å². The SMILES string of the molecule is C=C(C)C(=O)N(CCC)C(Cl)N(C)C. The van der Waals surface area contributed by atoms with Crippen molar-refractivity contribution in [2.45, 2.75) is 25.9 Å². The zero-order chi connectivity index (χ0) is 11.3. The molecule has 3 nitrogen and oxygen atoms in total. The molecule has 4 heteroatoms. The van der Waals surface area contributed by atoms with Crippen LogP contribution < -0.4 is 0 Å². The lowest BCUT2D eigenvalue weighted by molar-refractivity contribution is -0.130. The second kappa shape index (κ2) is 6.04. The highest BCUT2D eigenvalue weighted by Gasteiger charge is 2.22. The van der Waals surface area contributed by atoms with E-state index in [4.69, 9.17) is 11.6 Å². The fourth-order valence-electron chi connectivity index (χ4n) is 1.07. The molecule has 0 saturated carbocycles. The van der Waals surface area contributed by atoms with E-state index in [0.29, 0.717) is 12.1 Å². The Kier molecular flexibility index (Phi) is 5.81. The first-order chi connectivity index (χ1) is 6.41. The maximum absolute atomic E-state index is 11.7. The molecule has 1 amide bonds. The van der Waals surface area contributed by atoms with E-state index in [1.165, 1.54) is 0 Å². The first-order valence-corrected chi connectivity index (χ1v) is 5.12. The summed E-state index contributed by atoms with van der Waals surface area (Å²) >= 11 is 6.09. The minimum absolute atomic E-state index is 0.0828. The average Bonchev–Trinajstić information content (AvgIpc) is 2.11. The summed E-state index contributed by atoms with van der Waals surface area (Å²) < 4.78 is 0. The molecule has 14 heavy (non-hydrogen) atoms. The maximum Gasteiger partial charge on any atom is 0.251 e. The summed E-state index contributed by atoms with van der Waals surface area (Å²) in [6.45, 7) is 7.99. The third kappa shape index (κ3) is 3.68. The van der Waals surface area contributed by atoms with Gasteiger partial charge in [0.1, 0.15) is 0 Å². The molecule has 0 spiro atoms. The Morgan fingerprint density at radius 1 is 1.50 bits per heavy atom. The van der Waals surface area contributed by atoms with Crippen molar-refractivity contribution in [3.05, 3.63) is 12.2 Å². The molecule has 82 valence electrons. The Hall–Kier alpha value is -0.540. The van der Waals surface area contributed by atoms with Crippen LogP contribution in [0.1, 0.15) is 20.3 Å². The molecule has 0 bridgehead atoms. The number of carbonyl (C=O) groups excluding carboxylic acids is 1. The van der Waals surface area contributed by atoms with Gasteiger partial charge in [-0.2, -0.15) is 0 Å². The fraction of sp³-hybridized carbons (Fsp3) is 0.700. The number of rotatable bonds is 5. The van der Waals surface area contributed by atoms with E-state index in [0.717, 1.165) is 6.42 Å². The zero-order valence-electron chi connectivity index (χ0n) is 9.38. The second-order valence-electron chi connectivity index (χ2n) is 3.55. The first kappa shape index (κ1) is 13.5. The molecule has 0 rings (SSSR count). The summed E-state index contributed by atoms with van der Waals surface area (Å²) in [6.07, 6.45) is 0.885. The van der Waals surface area contributed by atoms with E-state index in [1.54, 1.807) is 16.7 Å². The molecule has 0 aliphatic carbocycles. The van der Waals surface area contributed by atoms with Gasteiger partial charge < -0.3 is 4.90 Å². The third-order valence-corrected chi connectivity index (χ3v) is 2.40. The molecule has 0 aromatic carbocycles. The van der Waals surface area contributed by atoms with Crippen molar-refractivity contribution >= 4 is 17.5 Å². The van der Waals surface area contributed by atoms with E-state index in [-0.39, 0.29) is 5.91 Å². The lowest BCUT2D eigenvalue weighted by Crippen LogP contribution is -2.45. The van der Waals surface area contributed by atoms with Crippen molar-refractivity contribution in [3.8, 4) is 0 Å². The van der Waals surface area contributed by atoms with Crippen LogP contribution in [0.4, 0.5) is 0 Å². The fourth-order valence-corrected chi connectivity index (χ4v) is 1.26. The van der Waals surface area contributed by atoms with Gasteiger partial charge in [0.15, 0.2) is 5.62 Å². The minimum Gasteiger partial charge on any atom is -0.310 e. The van der Waals surface area contributed by atoms with Crippen molar-refractivity contribution in [1.29, 1.82) is 0 Å². The van der Waals surface area contributed by atoms with Crippen LogP contribution in [-0.4, -0.2) is 42.0 Å². The van der Waals surface area contributed by atoms with Crippen molar-refractivity contribution in [2.24, 2.45) is 0 Å². The topological polar surface area (TPSA) is 23.6 Å². The minimum atomic E-state index is -0.404. The molecule has 0 fully saturated rings. The van der Waals surface area contributed by atoms with Gasteiger partial charge in [0, 0.05) is 12.1 Å². The van der Waals surface area contributed by atoms with Gasteiger partial charge in [-0.3, -0.25) is 9.69 Å². The maximum atomic E-state index is 11.7. The summed E-state index contributed by atoms with van der Waals surface area (Å²) in [7, 11) is 3.68. The van der Waals surface area contributed by atoms with Gasteiger partial charge in [0.05, 0.1) is 0 Å². The molecule has 0 saturated heterocycles. The van der Waals surface area contributed by atoms with E-state index in [1.807, 2.05) is 21.0 Å². The molecule has 1 unspecified atom stereocenters. The molecule has 0 aromatic rings. The van der Waals surface area contributed by atoms with Crippen molar-refractivity contribution < 1.29 is 4.79 Å². The lowest BCUT2D eigenvalue weighted by atomic mass is 10.3. The van der Waals surface area contributed by atoms with E-state index in [9.17, 15) is 4.79 Å². The molecule has 0 aliphatic rings. The van der Waals surface area contributed by atoms with Crippen LogP contribution in [0.2, 0.25) is 0 Å². The largest absolute Gasteiger partial charge is 0.310 e. The van der Waals surface area contributed by atoms with E-state index in [2.05, 4.69) is 6.58 Å². The van der Waals surface area contributed by atoms with E-state index < -0.39 is 5.62 Å². The van der Waals surface area contributed by atoms with Gasteiger partial charge in [0.25, 0.3) is 5.91 Å². The molecule has 0 aromatic heterocycles. The number of alkyl halides is 1. The smallest absolute Gasteiger partial charge is 0.251 e. The number of hydrogen-bond acceptors (Lipinski definition) is 2. The van der Waals surface area contributed by atoms with Crippen LogP contribution in [0.5, 0.6) is 0 Å². The average molecular weight is 219 g/mol. The Labute approximate surface area is 91.3 Å². The summed E-state index contributed by atoms with van der Waals surface area (Å²) in [5.74, 6) is -0.0828. The van der Waals surface area contributed by atoms with Crippen molar-refractivity contribution in [2.75, 3.05) is 20.6 Å². The van der Waals surface area contributed by atoms with Gasteiger partial charge in [-0.05, 0) is 27.4 Å². The van der Waals surface area contributed by atoms with Gasteiger partial charge in [-0.15, -0.1) is 0 Å². The Morgan fingerprint density at radius 2 is 2.00 bits per heavy atom. The lowest BCUT2D eigenvalue weighted by Gasteiger charge is -2.31. The number of halogens is 1. The standard InChI is InChI=1S/C10H19ClN2O/c1-6-7-13(9(14)8(2)3)10(11)12(4)5/h10H,2,6-7H2,1,3-5H3. The highest BCUT2D eigenvalue weighted by atomic mass is 35.5. The highest BCUT2D eigenvalue weighted by Crippen LogP contribution is 2.11. The van der Waals surface area contributed by atoms with Crippen molar-refractivity contribution in [1.82, 2.24) is 9.80 Å². The first-order valence-electron chi connectivity index (χ1n) is 4.68. The number of hydrogen-bond donors (Lipinski definition) is 0. The van der Waals surface area contributed by atoms with Crippen LogP contribution in [0, 0.1) is 0 Å². The normalized spacial score (nSPS) is 12.7. The number of nitrogens with zero attached hydrogens (tertiary/aromatic N) is 2. The van der Waals surface area contributed by atoms with Crippen molar-refractivity contribution in [3.63, 3.8) is 0 Å². The number of amides is 1. The summed E-state index contributed by atoms with van der Waals surface area (Å²) in [5, 5.41) is 0. The van der Waals surface area contributed by atoms with Crippen LogP contribution in [0.15, 0.2) is 12.2 Å². The molecule has 0 N–H and O–H groups in total. The quantitative estimate of drug-likeness (QED) is 0.305. The summed E-state index contributed by atoms with van der Waals surface area (Å²) in [6, 6.07) is 0. The number of carbonyl (C=O) groups is 1. The predicted octanol–water partition coefficient (Wildman–Crippen LogP) is 1.89. The Morgan fingerprint density at radius 3 is 2.29 bits per heavy atom. The zero-order valence-corrected chi connectivity index (χ0v) is 10.1. The van der Waals surface area contributed by atoms with Crippen LogP contribution in [-0.2, 0) is 4.79 Å². The molecular formula is C10H19ClN2O. The summed E-state index contributed by atoms with van der Waals surface area (Å²) in [5.41, 5.74) is 0.116. The second-order valence-corrected chi connectivity index (χ2v) is 3.94. The third-order valence-electron chi connectivity index (χ3n) is 1.77. The molecule has 1 atom stereocenters. The Balaban J connectivity index is 4.58.